The second-order valence-electron chi connectivity index (χ2n) is 5.24. The number of aromatic nitrogens is 1. The van der Waals surface area contributed by atoms with Gasteiger partial charge in [-0.1, -0.05) is 13.8 Å². The fourth-order valence-corrected chi connectivity index (χ4v) is 3.34. The number of carboxylic acid groups (broad SMARTS) is 1. The summed E-state index contributed by atoms with van der Waals surface area (Å²) in [5.74, 6) is 3.09. The lowest BCUT2D eigenvalue weighted by Crippen LogP contribution is -2.15. The predicted molar refractivity (Wildman–Crippen MR) is 79.2 cm³/mol. The van der Waals surface area contributed by atoms with E-state index < -0.39 is 5.97 Å². The number of nitrogens with one attached hydrogen (secondary N) is 1. The molecule has 2 N–H and O–H groups in total. The third-order valence-electron chi connectivity index (χ3n) is 3.28. The van der Waals surface area contributed by atoms with E-state index in [1.807, 2.05) is 25.6 Å². The molecule has 104 valence electrons. The Kier molecular flexibility index (Phi) is 4.69. The smallest absolute Gasteiger partial charge is 0.335 e. The molecule has 5 heteroatoms. The van der Waals surface area contributed by atoms with Crippen LogP contribution in [0.3, 0.4) is 0 Å². The summed E-state index contributed by atoms with van der Waals surface area (Å²) in [7, 11) is 0. The number of carboxylic acids is 1. The highest BCUT2D eigenvalue weighted by molar-refractivity contribution is 7.99. The van der Waals surface area contributed by atoms with Crippen LogP contribution in [0.1, 0.15) is 42.2 Å². The Balaban J connectivity index is 2.11. The summed E-state index contributed by atoms with van der Waals surface area (Å²) >= 11 is 1.98. The Morgan fingerprint density at radius 2 is 2.37 bits per heavy atom. The van der Waals surface area contributed by atoms with Crippen LogP contribution in [-0.2, 0) is 0 Å². The van der Waals surface area contributed by atoms with Crippen LogP contribution >= 0.6 is 11.8 Å². The molecule has 0 bridgehead atoms. The summed E-state index contributed by atoms with van der Waals surface area (Å²) < 4.78 is 0. The monoisotopic (exact) mass is 280 g/mol. The molecule has 0 spiro atoms. The first-order chi connectivity index (χ1) is 9.06. The molecule has 4 nitrogen and oxygen atoms in total. The van der Waals surface area contributed by atoms with Crippen molar-refractivity contribution < 1.29 is 9.90 Å². The molecule has 19 heavy (non-hydrogen) atoms. The van der Waals surface area contributed by atoms with E-state index >= 15 is 0 Å². The van der Waals surface area contributed by atoms with Crippen molar-refractivity contribution in [1.29, 1.82) is 0 Å². The molecule has 0 amide bonds. The van der Waals surface area contributed by atoms with Gasteiger partial charge < -0.3 is 10.4 Å². The van der Waals surface area contributed by atoms with Crippen LogP contribution < -0.4 is 5.32 Å². The number of aromatic carboxylic acids is 1. The van der Waals surface area contributed by atoms with Gasteiger partial charge in [-0.05, 0) is 41.9 Å². The van der Waals surface area contributed by atoms with Gasteiger partial charge in [0, 0.05) is 12.2 Å². The molecule has 1 atom stereocenters. The van der Waals surface area contributed by atoms with Crippen LogP contribution in [-0.4, -0.2) is 34.1 Å². The molecule has 2 heterocycles. The molecule has 1 unspecified atom stereocenters. The third kappa shape index (κ3) is 3.86. The average Bonchev–Trinajstić information content (AvgIpc) is 2.89. The summed E-state index contributed by atoms with van der Waals surface area (Å²) in [5, 5.41) is 12.4. The first-order valence-electron chi connectivity index (χ1n) is 6.63. The molecule has 1 aromatic rings. The van der Waals surface area contributed by atoms with Crippen molar-refractivity contribution in [3.05, 3.63) is 23.4 Å². The number of anilines is 1. The third-order valence-corrected chi connectivity index (χ3v) is 4.51. The van der Waals surface area contributed by atoms with E-state index in [0.29, 0.717) is 17.3 Å². The van der Waals surface area contributed by atoms with Gasteiger partial charge in [0.1, 0.15) is 5.82 Å². The zero-order chi connectivity index (χ0) is 13.8. The number of carbonyl (C=O) groups is 1. The largest absolute Gasteiger partial charge is 0.478 e. The Morgan fingerprint density at radius 3 is 2.95 bits per heavy atom. The Bertz CT molecular complexity index is 457. The topological polar surface area (TPSA) is 62.2 Å². The fourth-order valence-electron chi connectivity index (χ4n) is 2.05. The van der Waals surface area contributed by atoms with Crippen LogP contribution in [0.15, 0.2) is 12.1 Å². The van der Waals surface area contributed by atoms with Crippen LogP contribution in [0.5, 0.6) is 0 Å². The lowest BCUT2D eigenvalue weighted by molar-refractivity contribution is 0.0696. The van der Waals surface area contributed by atoms with E-state index in [1.165, 1.54) is 17.9 Å². The molecule has 2 rings (SSSR count). The summed E-state index contributed by atoms with van der Waals surface area (Å²) in [5.41, 5.74) is 1.13. The van der Waals surface area contributed by atoms with Crippen molar-refractivity contribution in [1.82, 2.24) is 4.98 Å². The second kappa shape index (κ2) is 6.28. The van der Waals surface area contributed by atoms with Gasteiger partial charge in [-0.15, -0.1) is 0 Å². The minimum absolute atomic E-state index is 0.224. The van der Waals surface area contributed by atoms with E-state index in [4.69, 9.17) is 5.11 Å². The van der Waals surface area contributed by atoms with Gasteiger partial charge in [-0.3, -0.25) is 0 Å². The van der Waals surface area contributed by atoms with Gasteiger partial charge >= 0.3 is 5.97 Å². The molecular formula is C14H20N2O2S. The number of hydrogen-bond donors (Lipinski definition) is 2. The minimum Gasteiger partial charge on any atom is -0.478 e. The number of pyridine rings is 1. The molecule has 1 saturated heterocycles. The quantitative estimate of drug-likeness (QED) is 0.868. The highest BCUT2D eigenvalue weighted by atomic mass is 32.2. The predicted octanol–water partition coefficient (Wildman–Crippen LogP) is 3.07. The van der Waals surface area contributed by atoms with Crippen molar-refractivity contribution in [3.8, 4) is 0 Å². The fraction of sp³-hybridized carbons (Fsp3) is 0.571. The zero-order valence-electron chi connectivity index (χ0n) is 11.3. The van der Waals surface area contributed by atoms with Crippen molar-refractivity contribution in [2.45, 2.75) is 26.2 Å². The van der Waals surface area contributed by atoms with Crippen LogP contribution in [0.4, 0.5) is 5.82 Å². The molecule has 0 saturated carbocycles. The van der Waals surface area contributed by atoms with Gasteiger partial charge in [-0.25, -0.2) is 9.78 Å². The van der Waals surface area contributed by atoms with Gasteiger partial charge in [0.2, 0.25) is 0 Å². The number of thioether (sulfide) groups is 1. The Morgan fingerprint density at radius 1 is 1.58 bits per heavy atom. The zero-order valence-corrected chi connectivity index (χ0v) is 12.2. The highest BCUT2D eigenvalue weighted by Gasteiger charge is 2.16. The normalized spacial score (nSPS) is 18.8. The summed E-state index contributed by atoms with van der Waals surface area (Å²) in [6.07, 6.45) is 1.23. The molecule has 0 aliphatic carbocycles. The highest BCUT2D eigenvalue weighted by Crippen LogP contribution is 2.24. The molecule has 0 radical (unpaired) electrons. The Labute approximate surface area is 118 Å². The van der Waals surface area contributed by atoms with Crippen molar-refractivity contribution in [2.75, 3.05) is 23.4 Å². The molecular weight excluding hydrogens is 260 g/mol. The van der Waals surface area contributed by atoms with Gasteiger partial charge in [0.15, 0.2) is 0 Å². The van der Waals surface area contributed by atoms with Crippen molar-refractivity contribution >= 4 is 23.5 Å². The van der Waals surface area contributed by atoms with Crippen LogP contribution in [0.2, 0.25) is 0 Å². The average molecular weight is 280 g/mol. The molecule has 1 aromatic heterocycles. The first kappa shape index (κ1) is 14.2. The lowest BCUT2D eigenvalue weighted by atomic mass is 10.1. The van der Waals surface area contributed by atoms with Gasteiger partial charge in [0.05, 0.1) is 5.56 Å². The van der Waals surface area contributed by atoms with Crippen molar-refractivity contribution in [3.63, 3.8) is 0 Å². The van der Waals surface area contributed by atoms with E-state index in [9.17, 15) is 4.79 Å². The van der Waals surface area contributed by atoms with Crippen LogP contribution in [0.25, 0.3) is 0 Å². The first-order valence-corrected chi connectivity index (χ1v) is 7.78. The van der Waals surface area contributed by atoms with Gasteiger partial charge in [0.25, 0.3) is 0 Å². The SMILES string of the molecule is CC(C)c1cc(C(=O)O)cc(NCC2CCSC2)n1. The van der Waals surface area contributed by atoms with Gasteiger partial charge in [-0.2, -0.15) is 11.8 Å². The summed E-state index contributed by atoms with van der Waals surface area (Å²) in [6, 6.07) is 3.28. The van der Waals surface area contributed by atoms with E-state index in [2.05, 4.69) is 10.3 Å². The summed E-state index contributed by atoms with van der Waals surface area (Å²) in [6.45, 7) is 4.91. The lowest BCUT2D eigenvalue weighted by Gasteiger charge is -2.13. The number of nitrogens with zero attached hydrogens (tertiary/aromatic N) is 1. The summed E-state index contributed by atoms with van der Waals surface area (Å²) in [4.78, 5) is 15.6. The van der Waals surface area contributed by atoms with E-state index in [0.717, 1.165) is 12.2 Å². The number of rotatable bonds is 5. The maximum absolute atomic E-state index is 11.1. The minimum atomic E-state index is -0.899. The number of hydrogen-bond acceptors (Lipinski definition) is 4. The maximum Gasteiger partial charge on any atom is 0.335 e. The van der Waals surface area contributed by atoms with E-state index in [1.54, 1.807) is 12.1 Å². The molecule has 1 fully saturated rings. The molecule has 1 aliphatic rings. The molecule has 1 aliphatic heterocycles. The second-order valence-corrected chi connectivity index (χ2v) is 6.39. The van der Waals surface area contributed by atoms with E-state index in [-0.39, 0.29) is 5.92 Å². The van der Waals surface area contributed by atoms with Crippen molar-refractivity contribution in [2.24, 2.45) is 5.92 Å². The Hall–Kier alpha value is -1.23. The van der Waals surface area contributed by atoms with Crippen LogP contribution in [0, 0.1) is 5.92 Å². The standard InChI is InChI=1S/C14H20N2O2S/c1-9(2)12-5-11(14(17)18)6-13(16-12)15-7-10-3-4-19-8-10/h5-6,9-10H,3-4,7-8H2,1-2H3,(H,15,16)(H,17,18). The maximum atomic E-state index is 11.1. The molecule has 0 aromatic carbocycles.